The Labute approximate surface area is 212 Å². The van der Waals surface area contributed by atoms with Gasteiger partial charge in [0.25, 0.3) is 5.56 Å². The van der Waals surface area contributed by atoms with Crippen molar-refractivity contribution in [3.05, 3.63) is 52.2 Å². The number of rotatable bonds is 6. The molecule has 0 saturated carbocycles. The van der Waals surface area contributed by atoms with Crippen LogP contribution >= 0.6 is 0 Å². The zero-order valence-electron chi connectivity index (χ0n) is 21.3. The summed E-state index contributed by atoms with van der Waals surface area (Å²) in [5.41, 5.74) is 4.54. The lowest BCUT2D eigenvalue weighted by atomic mass is 9.80. The summed E-state index contributed by atoms with van der Waals surface area (Å²) in [5.74, 6) is 2.12. The van der Waals surface area contributed by atoms with E-state index in [0.717, 1.165) is 59.0 Å². The number of aromatic amines is 1. The summed E-state index contributed by atoms with van der Waals surface area (Å²) in [6, 6.07) is 5.58. The van der Waals surface area contributed by atoms with Gasteiger partial charge in [-0.1, -0.05) is 0 Å². The van der Waals surface area contributed by atoms with Crippen LogP contribution in [0.2, 0.25) is 0 Å². The van der Waals surface area contributed by atoms with Crippen LogP contribution in [-0.4, -0.2) is 46.3 Å². The molecule has 3 aliphatic rings. The third-order valence-corrected chi connectivity index (χ3v) is 8.68. The van der Waals surface area contributed by atoms with Crippen LogP contribution in [0.15, 0.2) is 35.5 Å². The zero-order valence-corrected chi connectivity index (χ0v) is 21.3. The van der Waals surface area contributed by atoms with Crippen molar-refractivity contribution >= 4 is 16.7 Å². The average molecular weight is 488 g/mol. The van der Waals surface area contributed by atoms with Crippen LogP contribution in [0.5, 0.6) is 0 Å². The molecule has 6 heterocycles. The van der Waals surface area contributed by atoms with Gasteiger partial charge in [-0.2, -0.15) is 0 Å². The van der Waals surface area contributed by atoms with E-state index in [9.17, 15) is 4.79 Å². The lowest BCUT2D eigenvalue weighted by molar-refractivity contribution is 0.0602. The van der Waals surface area contributed by atoms with Crippen molar-refractivity contribution in [2.24, 2.45) is 11.8 Å². The molecule has 3 N–H and O–H groups in total. The maximum atomic E-state index is 12.7. The quantitative estimate of drug-likeness (QED) is 0.466. The van der Waals surface area contributed by atoms with E-state index in [1.165, 1.54) is 38.5 Å². The number of hydrogen-bond donors (Lipinski definition) is 3. The average Bonchev–Trinajstić information content (AvgIpc) is 3.27. The first kappa shape index (κ1) is 23.6. The molecular weight excluding hydrogens is 450 g/mol. The normalized spacial score (nSPS) is 26.4. The smallest absolute Gasteiger partial charge is 0.251 e. The van der Waals surface area contributed by atoms with E-state index in [-0.39, 0.29) is 5.56 Å². The van der Waals surface area contributed by atoms with Crippen LogP contribution in [0.1, 0.15) is 56.1 Å². The number of piperidine rings is 1. The summed E-state index contributed by atoms with van der Waals surface area (Å²) in [7, 11) is 0. The van der Waals surface area contributed by atoms with Gasteiger partial charge < -0.3 is 20.4 Å². The van der Waals surface area contributed by atoms with Gasteiger partial charge in [-0.15, -0.1) is 0 Å². The number of nitrogens with zero attached hydrogens (tertiary/aromatic N) is 2. The zero-order chi connectivity index (χ0) is 24.6. The summed E-state index contributed by atoms with van der Waals surface area (Å²) in [6.07, 6.45) is 14.1. The molecule has 3 aromatic rings. The Morgan fingerprint density at radius 2 is 1.92 bits per heavy atom. The highest BCUT2D eigenvalue weighted by Gasteiger charge is 2.41. The minimum absolute atomic E-state index is 0.0617. The third-order valence-electron chi connectivity index (χ3n) is 8.68. The predicted octanol–water partition coefficient (Wildman–Crippen LogP) is 4.73. The number of H-pyrrole nitrogens is 1. The minimum Gasteiger partial charge on any atom is -0.381 e. The van der Waals surface area contributed by atoms with Gasteiger partial charge in [-0.05, 0) is 88.3 Å². The van der Waals surface area contributed by atoms with Crippen LogP contribution < -0.4 is 16.2 Å². The number of pyridine rings is 3. The van der Waals surface area contributed by atoms with E-state index in [4.69, 9.17) is 9.72 Å². The van der Waals surface area contributed by atoms with E-state index in [1.807, 2.05) is 38.5 Å². The number of aryl methyl sites for hydroxylation is 2. The number of hydrogen-bond acceptors (Lipinski definition) is 6. The van der Waals surface area contributed by atoms with Gasteiger partial charge in [0.1, 0.15) is 0 Å². The van der Waals surface area contributed by atoms with Crippen molar-refractivity contribution < 1.29 is 4.74 Å². The molecule has 0 aromatic carbocycles. The fourth-order valence-electron chi connectivity index (χ4n) is 6.68. The number of anilines is 1. The predicted molar refractivity (Wildman–Crippen MR) is 143 cm³/mol. The molecule has 2 bridgehead atoms. The molecule has 3 aromatic heterocycles. The van der Waals surface area contributed by atoms with E-state index in [0.29, 0.717) is 29.6 Å². The Balaban J connectivity index is 1.33. The Kier molecular flexibility index (Phi) is 6.52. The van der Waals surface area contributed by atoms with Crippen LogP contribution in [0.3, 0.4) is 0 Å². The molecule has 0 radical (unpaired) electrons. The van der Waals surface area contributed by atoms with Gasteiger partial charge in [0.15, 0.2) is 5.82 Å². The van der Waals surface area contributed by atoms with Gasteiger partial charge in [-0.25, -0.2) is 4.98 Å². The van der Waals surface area contributed by atoms with Crippen LogP contribution in [0.25, 0.3) is 22.0 Å². The molecule has 190 valence electrons. The van der Waals surface area contributed by atoms with Crippen molar-refractivity contribution in [2.75, 3.05) is 18.5 Å². The van der Waals surface area contributed by atoms with Gasteiger partial charge in [0.05, 0.1) is 5.52 Å². The van der Waals surface area contributed by atoms with Crippen LogP contribution in [-0.2, 0) is 4.74 Å². The lowest BCUT2D eigenvalue weighted by Gasteiger charge is -2.39. The summed E-state index contributed by atoms with van der Waals surface area (Å²) >= 11 is 0. The highest BCUT2D eigenvalue weighted by Crippen LogP contribution is 2.38. The van der Waals surface area contributed by atoms with Crippen molar-refractivity contribution in [1.82, 2.24) is 20.3 Å². The standard InChI is InChI=1S/C29H37N5O2/c1-17-11-20(15-30-14-17)24-16-31-28(27-23(24)12-18(2)29(35)34-27)33-26-13-21-4-6-25(32-21)22(26)5-3-19-7-9-36-10-8-19/h11-12,14-16,19,21-22,25-26,32H,3-10,13H2,1-2H3,(H,31,33)(H,34,35)/t21-,22-,25+,26-/m1/s1. The van der Waals surface area contributed by atoms with Crippen molar-refractivity contribution in [3.63, 3.8) is 0 Å². The van der Waals surface area contributed by atoms with E-state index in [1.54, 1.807) is 0 Å². The van der Waals surface area contributed by atoms with Crippen LogP contribution in [0, 0.1) is 25.7 Å². The summed E-state index contributed by atoms with van der Waals surface area (Å²) in [4.78, 5) is 25.1. The number of nitrogens with one attached hydrogen (secondary N) is 3. The Morgan fingerprint density at radius 3 is 2.75 bits per heavy atom. The molecule has 36 heavy (non-hydrogen) atoms. The molecule has 7 nitrogen and oxygen atoms in total. The largest absolute Gasteiger partial charge is 0.381 e. The highest BCUT2D eigenvalue weighted by molar-refractivity contribution is 5.99. The van der Waals surface area contributed by atoms with E-state index < -0.39 is 0 Å². The van der Waals surface area contributed by atoms with Crippen molar-refractivity contribution in [2.45, 2.75) is 76.9 Å². The molecule has 0 spiro atoms. The Hall–Kier alpha value is -2.77. The molecule has 3 fully saturated rings. The Bertz CT molecular complexity index is 1300. The first-order chi connectivity index (χ1) is 17.5. The lowest BCUT2D eigenvalue weighted by Crippen LogP contribution is -2.51. The summed E-state index contributed by atoms with van der Waals surface area (Å²) in [5, 5.41) is 8.73. The number of fused-ring (bicyclic) bond motifs is 3. The SMILES string of the molecule is Cc1cncc(-c2cnc(N[C@@H]3C[C@H]4CC[C@H](N4)[C@H]3CCC3CCOCC3)c3[nH]c(=O)c(C)cc23)c1. The minimum atomic E-state index is -0.0617. The first-order valence-corrected chi connectivity index (χ1v) is 13.6. The molecule has 4 atom stereocenters. The topological polar surface area (TPSA) is 91.9 Å². The van der Waals surface area contributed by atoms with Crippen molar-refractivity contribution in [1.29, 1.82) is 0 Å². The van der Waals surface area contributed by atoms with Gasteiger partial charge in [0, 0.05) is 72.0 Å². The third kappa shape index (κ3) is 4.66. The summed E-state index contributed by atoms with van der Waals surface area (Å²) < 4.78 is 5.58. The maximum Gasteiger partial charge on any atom is 0.251 e. The fraction of sp³-hybridized carbons (Fsp3) is 0.552. The molecule has 0 amide bonds. The number of aromatic nitrogens is 3. The van der Waals surface area contributed by atoms with Gasteiger partial charge in [-0.3, -0.25) is 9.78 Å². The molecule has 7 heteroatoms. The second-order valence-electron chi connectivity index (χ2n) is 11.2. The van der Waals surface area contributed by atoms with Crippen molar-refractivity contribution in [3.8, 4) is 11.1 Å². The molecule has 3 saturated heterocycles. The van der Waals surface area contributed by atoms with E-state index >= 15 is 0 Å². The van der Waals surface area contributed by atoms with E-state index in [2.05, 4.69) is 26.7 Å². The molecule has 0 unspecified atom stereocenters. The fourth-order valence-corrected chi connectivity index (χ4v) is 6.68. The maximum absolute atomic E-state index is 12.7. The molecule has 3 aliphatic heterocycles. The molecular formula is C29H37N5O2. The molecule has 0 aliphatic carbocycles. The monoisotopic (exact) mass is 487 g/mol. The first-order valence-electron chi connectivity index (χ1n) is 13.6. The Morgan fingerprint density at radius 1 is 1.06 bits per heavy atom. The van der Waals surface area contributed by atoms with Crippen LogP contribution in [0.4, 0.5) is 5.82 Å². The second-order valence-corrected chi connectivity index (χ2v) is 11.2. The number of ether oxygens (including phenoxy) is 1. The van der Waals surface area contributed by atoms with Gasteiger partial charge in [0.2, 0.25) is 0 Å². The summed E-state index contributed by atoms with van der Waals surface area (Å²) in [6.45, 7) is 5.72. The van der Waals surface area contributed by atoms with Gasteiger partial charge >= 0.3 is 0 Å². The highest BCUT2D eigenvalue weighted by atomic mass is 16.5. The molecule has 6 rings (SSSR count). The second kappa shape index (κ2) is 9.94.